The minimum absolute atomic E-state index is 0.485. The predicted octanol–water partition coefficient (Wildman–Crippen LogP) is 3.17. The van der Waals surface area contributed by atoms with E-state index in [4.69, 9.17) is 9.47 Å². The summed E-state index contributed by atoms with van der Waals surface area (Å²) in [6.07, 6.45) is 1.10. The van der Waals surface area contributed by atoms with Gasteiger partial charge in [0.2, 0.25) is 5.88 Å². The first kappa shape index (κ1) is 15.3. The quantitative estimate of drug-likeness (QED) is 0.756. The summed E-state index contributed by atoms with van der Waals surface area (Å²) < 4.78 is 11.0. The Morgan fingerprint density at radius 3 is 2.33 bits per heavy atom. The number of ether oxygens (including phenoxy) is 2. The fraction of sp³-hybridized carbons (Fsp3) is 0.375. The second-order valence-electron chi connectivity index (χ2n) is 4.55. The van der Waals surface area contributed by atoms with Crippen LogP contribution < -0.4 is 14.8 Å². The first-order valence-electron chi connectivity index (χ1n) is 7.26. The molecular formula is C16H21N3O2. The Balaban J connectivity index is 1.90. The van der Waals surface area contributed by atoms with Crippen LogP contribution in [-0.4, -0.2) is 23.3 Å². The van der Waals surface area contributed by atoms with Crippen LogP contribution in [0.4, 0.5) is 0 Å². The fourth-order valence-corrected chi connectivity index (χ4v) is 1.78. The van der Waals surface area contributed by atoms with E-state index in [1.807, 2.05) is 43.3 Å². The number of hydrogen-bond donors (Lipinski definition) is 1. The lowest BCUT2D eigenvalue weighted by Gasteiger charge is -2.07. The van der Waals surface area contributed by atoms with E-state index in [9.17, 15) is 0 Å². The Bertz CT molecular complexity index is 526. The molecule has 0 amide bonds. The zero-order valence-corrected chi connectivity index (χ0v) is 12.5. The van der Waals surface area contributed by atoms with Gasteiger partial charge in [0.25, 0.3) is 0 Å². The lowest BCUT2D eigenvalue weighted by molar-refractivity contribution is 0.339. The molecule has 0 unspecified atom stereocenters. The molecule has 0 radical (unpaired) electrons. The van der Waals surface area contributed by atoms with Crippen molar-refractivity contribution >= 4 is 0 Å². The van der Waals surface area contributed by atoms with Crippen LogP contribution in [0.15, 0.2) is 36.4 Å². The summed E-state index contributed by atoms with van der Waals surface area (Å²) >= 11 is 0. The average molecular weight is 287 g/mol. The smallest absolute Gasteiger partial charge is 0.238 e. The van der Waals surface area contributed by atoms with E-state index < -0.39 is 0 Å². The van der Waals surface area contributed by atoms with Crippen molar-refractivity contribution in [2.24, 2.45) is 0 Å². The van der Waals surface area contributed by atoms with E-state index in [2.05, 4.69) is 22.4 Å². The van der Waals surface area contributed by atoms with Gasteiger partial charge in [-0.15, -0.1) is 5.10 Å². The SMILES string of the molecule is CCCNCc1ccc(Oc2ccc(OCC)cc2)nn1. The van der Waals surface area contributed by atoms with Crippen molar-refractivity contribution in [1.29, 1.82) is 0 Å². The lowest BCUT2D eigenvalue weighted by Crippen LogP contribution is -2.15. The fourth-order valence-electron chi connectivity index (χ4n) is 1.78. The molecule has 0 spiro atoms. The molecule has 0 bridgehead atoms. The van der Waals surface area contributed by atoms with Gasteiger partial charge in [0.1, 0.15) is 11.5 Å². The molecular weight excluding hydrogens is 266 g/mol. The van der Waals surface area contributed by atoms with Crippen molar-refractivity contribution in [3.05, 3.63) is 42.1 Å². The second-order valence-corrected chi connectivity index (χ2v) is 4.55. The molecule has 2 rings (SSSR count). The van der Waals surface area contributed by atoms with Gasteiger partial charge in [0.15, 0.2) is 0 Å². The van der Waals surface area contributed by atoms with E-state index in [0.717, 1.165) is 31.0 Å². The standard InChI is InChI=1S/C16H21N3O2/c1-3-11-17-12-13-5-10-16(19-18-13)21-15-8-6-14(7-9-15)20-4-2/h5-10,17H,3-4,11-12H2,1-2H3. The van der Waals surface area contributed by atoms with Crippen LogP contribution in [0.2, 0.25) is 0 Å². The van der Waals surface area contributed by atoms with Crippen molar-refractivity contribution < 1.29 is 9.47 Å². The minimum Gasteiger partial charge on any atom is -0.494 e. The molecule has 0 atom stereocenters. The molecule has 1 heterocycles. The van der Waals surface area contributed by atoms with Gasteiger partial charge in [-0.3, -0.25) is 0 Å². The number of nitrogens with zero attached hydrogens (tertiary/aromatic N) is 2. The molecule has 1 aromatic carbocycles. The largest absolute Gasteiger partial charge is 0.494 e. The van der Waals surface area contributed by atoms with E-state index in [1.165, 1.54) is 0 Å². The maximum atomic E-state index is 5.64. The molecule has 0 saturated carbocycles. The topological polar surface area (TPSA) is 56.3 Å². The van der Waals surface area contributed by atoms with Gasteiger partial charge in [-0.1, -0.05) is 6.92 Å². The summed E-state index contributed by atoms with van der Waals surface area (Å²) in [5.74, 6) is 2.02. The molecule has 0 saturated heterocycles. The monoisotopic (exact) mass is 287 g/mol. The normalized spacial score (nSPS) is 10.4. The summed E-state index contributed by atoms with van der Waals surface area (Å²) in [5.41, 5.74) is 0.905. The number of nitrogens with one attached hydrogen (secondary N) is 1. The first-order chi connectivity index (χ1) is 10.3. The van der Waals surface area contributed by atoms with E-state index in [1.54, 1.807) is 0 Å². The second kappa shape index (κ2) is 8.21. The minimum atomic E-state index is 0.485. The van der Waals surface area contributed by atoms with Crippen molar-refractivity contribution in [3.63, 3.8) is 0 Å². The predicted molar refractivity (Wildman–Crippen MR) is 81.7 cm³/mol. The summed E-state index contributed by atoms with van der Waals surface area (Å²) in [6, 6.07) is 11.2. The maximum Gasteiger partial charge on any atom is 0.238 e. The van der Waals surface area contributed by atoms with Crippen LogP contribution in [0.5, 0.6) is 17.4 Å². The molecule has 112 valence electrons. The van der Waals surface area contributed by atoms with Gasteiger partial charge in [-0.05, 0) is 50.2 Å². The van der Waals surface area contributed by atoms with Crippen LogP contribution in [0, 0.1) is 0 Å². The number of hydrogen-bond acceptors (Lipinski definition) is 5. The third kappa shape index (κ3) is 5.04. The highest BCUT2D eigenvalue weighted by Crippen LogP contribution is 2.22. The van der Waals surface area contributed by atoms with E-state index >= 15 is 0 Å². The molecule has 0 aliphatic rings. The molecule has 5 nitrogen and oxygen atoms in total. The first-order valence-corrected chi connectivity index (χ1v) is 7.26. The Kier molecular flexibility index (Phi) is 5.97. The molecule has 5 heteroatoms. The summed E-state index contributed by atoms with van der Waals surface area (Å²) in [4.78, 5) is 0. The van der Waals surface area contributed by atoms with Gasteiger partial charge in [0.05, 0.1) is 12.3 Å². The van der Waals surface area contributed by atoms with Crippen molar-refractivity contribution in [2.45, 2.75) is 26.8 Å². The van der Waals surface area contributed by atoms with E-state index in [-0.39, 0.29) is 0 Å². The average Bonchev–Trinajstić information content (AvgIpc) is 2.51. The van der Waals surface area contributed by atoms with Crippen LogP contribution in [0.1, 0.15) is 26.0 Å². The number of aromatic nitrogens is 2. The molecule has 0 fully saturated rings. The van der Waals surface area contributed by atoms with Gasteiger partial charge in [-0.2, -0.15) is 5.10 Å². The van der Waals surface area contributed by atoms with Crippen LogP contribution in [0.25, 0.3) is 0 Å². The van der Waals surface area contributed by atoms with Crippen LogP contribution in [-0.2, 0) is 6.54 Å². The number of rotatable bonds is 8. The maximum absolute atomic E-state index is 5.64. The highest BCUT2D eigenvalue weighted by Gasteiger charge is 2.01. The van der Waals surface area contributed by atoms with Gasteiger partial charge in [0, 0.05) is 12.6 Å². The molecule has 21 heavy (non-hydrogen) atoms. The van der Waals surface area contributed by atoms with Gasteiger partial charge in [-0.25, -0.2) is 0 Å². The Labute approximate surface area is 125 Å². The van der Waals surface area contributed by atoms with Crippen LogP contribution in [0.3, 0.4) is 0 Å². The van der Waals surface area contributed by atoms with Crippen molar-refractivity contribution in [1.82, 2.24) is 15.5 Å². The molecule has 1 aromatic heterocycles. The lowest BCUT2D eigenvalue weighted by atomic mass is 10.3. The summed E-state index contributed by atoms with van der Waals surface area (Å²) in [6.45, 7) is 6.44. The zero-order valence-electron chi connectivity index (χ0n) is 12.5. The Morgan fingerprint density at radius 1 is 0.952 bits per heavy atom. The van der Waals surface area contributed by atoms with Crippen LogP contribution >= 0.6 is 0 Å². The van der Waals surface area contributed by atoms with E-state index in [0.29, 0.717) is 18.2 Å². The summed E-state index contributed by atoms with van der Waals surface area (Å²) in [5, 5.41) is 11.5. The molecule has 2 aromatic rings. The van der Waals surface area contributed by atoms with Crippen molar-refractivity contribution in [2.75, 3.05) is 13.2 Å². The summed E-state index contributed by atoms with van der Waals surface area (Å²) in [7, 11) is 0. The van der Waals surface area contributed by atoms with Crippen molar-refractivity contribution in [3.8, 4) is 17.4 Å². The Morgan fingerprint density at radius 2 is 1.71 bits per heavy atom. The van der Waals surface area contributed by atoms with Gasteiger partial charge < -0.3 is 14.8 Å². The van der Waals surface area contributed by atoms with Gasteiger partial charge >= 0.3 is 0 Å². The molecule has 0 aliphatic carbocycles. The Hall–Kier alpha value is -2.14. The third-order valence-corrected chi connectivity index (χ3v) is 2.79. The molecule has 1 N–H and O–H groups in total. The third-order valence-electron chi connectivity index (χ3n) is 2.79. The zero-order chi connectivity index (χ0) is 14.9. The molecule has 0 aliphatic heterocycles. The highest BCUT2D eigenvalue weighted by atomic mass is 16.5. The highest BCUT2D eigenvalue weighted by molar-refractivity contribution is 5.33. The number of benzene rings is 1.